The van der Waals surface area contributed by atoms with Crippen molar-refractivity contribution >= 4 is 34.6 Å². The fourth-order valence-electron chi connectivity index (χ4n) is 2.12. The number of nitrogen functional groups attached to an aromatic ring is 1. The lowest BCUT2D eigenvalue weighted by molar-refractivity contribution is 0.596. The van der Waals surface area contributed by atoms with Crippen LogP contribution < -0.4 is 22.5 Å². The smallest absolute Gasteiger partial charge is 0.327 e. The molecule has 0 aliphatic carbocycles. The molecule has 0 bridgehead atoms. The number of nitrogens with one attached hydrogen (secondary N) is 2. The van der Waals surface area contributed by atoms with E-state index in [9.17, 15) is 9.18 Å². The Morgan fingerprint density at radius 1 is 1.52 bits per heavy atom. The molecule has 0 unspecified atom stereocenters. The largest absolute Gasteiger partial charge is 0.383 e. The molecule has 2 rings (SSSR count). The van der Waals surface area contributed by atoms with Gasteiger partial charge in [-0.25, -0.2) is 14.2 Å². The summed E-state index contributed by atoms with van der Waals surface area (Å²) in [6.45, 7) is 5.02. The maximum atomic E-state index is 14.0. The van der Waals surface area contributed by atoms with Crippen LogP contribution in [-0.4, -0.2) is 28.9 Å². The van der Waals surface area contributed by atoms with Crippen molar-refractivity contribution < 1.29 is 4.39 Å². The maximum absolute atomic E-state index is 14.0. The molecule has 0 aliphatic heterocycles. The molecular weight excluding hydrogens is 438 g/mol. The molecule has 25 heavy (non-hydrogen) atoms. The molecular formula is C16H20FIN6O. The van der Waals surface area contributed by atoms with Gasteiger partial charge in [-0.2, -0.15) is 0 Å². The molecule has 2 aromatic rings. The first kappa shape index (κ1) is 19.2. The number of hydrogen-bond acceptors (Lipinski definition) is 5. The molecule has 0 spiro atoms. The second kappa shape index (κ2) is 8.81. The van der Waals surface area contributed by atoms with Crippen molar-refractivity contribution in [1.29, 1.82) is 0 Å². The van der Waals surface area contributed by atoms with Gasteiger partial charge in [-0.1, -0.05) is 12.6 Å². The molecule has 0 aliphatic rings. The van der Waals surface area contributed by atoms with E-state index in [1.54, 1.807) is 12.1 Å². The summed E-state index contributed by atoms with van der Waals surface area (Å²) in [6, 6.07) is 4.74. The van der Waals surface area contributed by atoms with Gasteiger partial charge in [-0.05, 0) is 47.7 Å². The van der Waals surface area contributed by atoms with Gasteiger partial charge in [-0.3, -0.25) is 4.57 Å². The number of anilines is 1. The number of aliphatic imine (C=N–C) groups is 1. The van der Waals surface area contributed by atoms with Gasteiger partial charge in [0, 0.05) is 15.7 Å². The number of H-pyrrole nitrogens is 1. The minimum atomic E-state index is -0.431. The summed E-state index contributed by atoms with van der Waals surface area (Å²) in [4.78, 5) is 18.9. The first-order chi connectivity index (χ1) is 11.9. The summed E-state index contributed by atoms with van der Waals surface area (Å²) in [5, 5.41) is 2.99. The summed E-state index contributed by atoms with van der Waals surface area (Å²) in [6.07, 6.45) is 2.21. The van der Waals surface area contributed by atoms with Gasteiger partial charge in [-0.15, -0.1) is 0 Å². The van der Waals surface area contributed by atoms with Gasteiger partial charge in [0.2, 0.25) is 0 Å². The van der Waals surface area contributed by atoms with Crippen LogP contribution in [0.5, 0.6) is 0 Å². The number of aromatic nitrogens is 2. The zero-order chi connectivity index (χ0) is 18.4. The van der Waals surface area contributed by atoms with Crippen LogP contribution in [-0.2, 0) is 6.54 Å². The Balaban J connectivity index is 2.18. The van der Waals surface area contributed by atoms with Crippen molar-refractivity contribution in [3.63, 3.8) is 0 Å². The van der Waals surface area contributed by atoms with Crippen molar-refractivity contribution in [2.45, 2.75) is 13.0 Å². The predicted octanol–water partition coefficient (Wildman–Crippen LogP) is 1.38. The summed E-state index contributed by atoms with van der Waals surface area (Å²) >= 11 is 2.02. The van der Waals surface area contributed by atoms with E-state index in [1.807, 2.05) is 22.6 Å². The van der Waals surface area contributed by atoms with Crippen LogP contribution in [0.25, 0.3) is 0 Å². The van der Waals surface area contributed by atoms with Crippen LogP contribution in [0.4, 0.5) is 10.2 Å². The predicted molar refractivity (Wildman–Crippen MR) is 106 cm³/mol. The van der Waals surface area contributed by atoms with Crippen LogP contribution in [0, 0.1) is 9.39 Å². The lowest BCUT2D eigenvalue weighted by atomic mass is 10.2. The van der Waals surface area contributed by atoms with Crippen LogP contribution in [0.2, 0.25) is 0 Å². The molecule has 0 saturated heterocycles. The number of nitrogens with zero attached hydrogens (tertiary/aromatic N) is 2. The normalized spacial score (nSPS) is 11.2. The Morgan fingerprint density at radius 2 is 2.28 bits per heavy atom. The highest BCUT2D eigenvalue weighted by atomic mass is 127. The highest BCUT2D eigenvalue weighted by molar-refractivity contribution is 14.1. The highest BCUT2D eigenvalue weighted by Gasteiger charge is 2.14. The van der Waals surface area contributed by atoms with E-state index in [0.717, 1.165) is 9.99 Å². The summed E-state index contributed by atoms with van der Waals surface area (Å²) in [7, 11) is 0. The number of aromatic amines is 1. The Labute approximate surface area is 158 Å². The van der Waals surface area contributed by atoms with Crippen LogP contribution in [0.3, 0.4) is 0 Å². The van der Waals surface area contributed by atoms with Crippen molar-refractivity contribution in [1.82, 2.24) is 14.9 Å². The molecule has 1 aromatic heterocycles. The minimum absolute atomic E-state index is 0.0374. The van der Waals surface area contributed by atoms with E-state index >= 15 is 0 Å². The number of rotatable bonds is 8. The van der Waals surface area contributed by atoms with Crippen molar-refractivity contribution in [2.75, 3.05) is 18.8 Å². The van der Waals surface area contributed by atoms with E-state index in [2.05, 4.69) is 21.9 Å². The molecule has 9 heteroatoms. The van der Waals surface area contributed by atoms with Crippen molar-refractivity contribution in [2.24, 2.45) is 10.7 Å². The molecule has 0 radical (unpaired) electrons. The average Bonchev–Trinajstić information content (AvgIpc) is 2.83. The second-order valence-electron chi connectivity index (χ2n) is 5.29. The highest BCUT2D eigenvalue weighted by Crippen LogP contribution is 2.18. The number of hydrogen-bond donors (Lipinski definition) is 4. The van der Waals surface area contributed by atoms with Gasteiger partial charge in [0.05, 0.1) is 12.8 Å². The van der Waals surface area contributed by atoms with Gasteiger partial charge >= 0.3 is 5.69 Å². The van der Waals surface area contributed by atoms with Gasteiger partial charge in [0.1, 0.15) is 23.1 Å². The minimum Gasteiger partial charge on any atom is -0.383 e. The first-order valence-corrected chi connectivity index (χ1v) is 8.70. The monoisotopic (exact) mass is 458 g/mol. The molecule has 0 fully saturated rings. The van der Waals surface area contributed by atoms with Crippen LogP contribution in [0.15, 0.2) is 40.4 Å². The Hall–Kier alpha value is -2.14. The number of halogens is 2. The van der Waals surface area contributed by atoms with Gasteiger partial charge in [0.15, 0.2) is 0 Å². The van der Waals surface area contributed by atoms with E-state index in [-0.39, 0.29) is 18.2 Å². The topological polar surface area (TPSA) is 114 Å². The second-order valence-corrected chi connectivity index (χ2v) is 6.45. The zero-order valence-corrected chi connectivity index (χ0v) is 15.7. The fourth-order valence-corrected chi connectivity index (χ4v) is 2.76. The molecule has 134 valence electrons. The van der Waals surface area contributed by atoms with E-state index in [1.165, 1.54) is 16.8 Å². The van der Waals surface area contributed by atoms with E-state index < -0.39 is 5.69 Å². The summed E-state index contributed by atoms with van der Waals surface area (Å²) < 4.78 is 16.0. The molecule has 6 N–H and O–H groups in total. The number of benzene rings is 1. The van der Waals surface area contributed by atoms with Gasteiger partial charge < -0.3 is 21.8 Å². The lowest BCUT2D eigenvalue weighted by Gasteiger charge is -2.08. The molecule has 0 amide bonds. The van der Waals surface area contributed by atoms with Crippen molar-refractivity contribution in [3.8, 4) is 0 Å². The quantitative estimate of drug-likeness (QED) is 0.272. The molecule has 0 saturated carbocycles. The summed E-state index contributed by atoms with van der Waals surface area (Å²) in [5.41, 5.74) is 11.7. The van der Waals surface area contributed by atoms with Gasteiger partial charge in [0.25, 0.3) is 0 Å². The Bertz CT molecular complexity index is 821. The fraction of sp³-hybridized carbons (Fsp3) is 0.250. The van der Waals surface area contributed by atoms with Crippen LogP contribution in [0.1, 0.15) is 17.7 Å². The lowest BCUT2D eigenvalue weighted by Crippen LogP contribution is -2.20. The van der Waals surface area contributed by atoms with Crippen molar-refractivity contribution in [3.05, 3.63) is 61.7 Å². The standard InChI is InChI=1S/C16H20FIN6O/c1-10(21-7-3-6-19)22-8-14-15(20)24(16(25)23-14)9-11-12(17)4-2-5-13(11)18/h2,4-5,8,21H,1,3,6-7,9,19-20H2,(H,23,25). The van der Waals surface area contributed by atoms with Crippen LogP contribution >= 0.6 is 22.6 Å². The third kappa shape index (κ3) is 4.92. The molecule has 1 heterocycles. The SMILES string of the molecule is C=C(N=Cc1[nH]c(=O)n(Cc2c(F)cccc2I)c1N)NCCCN. The summed E-state index contributed by atoms with van der Waals surface area (Å²) in [5.74, 6) is 0.236. The molecule has 7 nitrogen and oxygen atoms in total. The third-order valence-electron chi connectivity index (χ3n) is 3.49. The van der Waals surface area contributed by atoms with E-state index in [0.29, 0.717) is 30.2 Å². The first-order valence-electron chi connectivity index (χ1n) is 7.62. The average molecular weight is 458 g/mol. The van der Waals surface area contributed by atoms with E-state index in [4.69, 9.17) is 11.5 Å². The Kier molecular flexibility index (Phi) is 6.76. The zero-order valence-electron chi connectivity index (χ0n) is 13.6. The molecule has 1 aromatic carbocycles. The number of imidazole rings is 1. The Morgan fingerprint density at radius 3 is 2.96 bits per heavy atom. The third-order valence-corrected chi connectivity index (χ3v) is 4.50. The maximum Gasteiger partial charge on any atom is 0.327 e. The molecule has 0 atom stereocenters. The number of nitrogens with two attached hydrogens (primary N) is 2.